The SMILES string of the molecule is CC(C)NC(=O)c1ccc(Nc2ccccc2C#N)nn1. The molecular weight excluding hydrogens is 266 g/mol. The molecule has 0 atom stereocenters. The Bertz CT molecular complexity index is 673. The molecule has 0 saturated carbocycles. The number of rotatable bonds is 4. The first-order chi connectivity index (χ1) is 10.1. The van der Waals surface area contributed by atoms with E-state index >= 15 is 0 Å². The van der Waals surface area contributed by atoms with Crippen LogP contribution in [0.4, 0.5) is 11.5 Å². The van der Waals surface area contributed by atoms with E-state index in [0.717, 1.165) is 0 Å². The van der Waals surface area contributed by atoms with Gasteiger partial charge in [-0.3, -0.25) is 4.79 Å². The van der Waals surface area contributed by atoms with Gasteiger partial charge in [-0.2, -0.15) is 5.26 Å². The average molecular weight is 281 g/mol. The summed E-state index contributed by atoms with van der Waals surface area (Å²) in [4.78, 5) is 11.7. The van der Waals surface area contributed by atoms with Gasteiger partial charge >= 0.3 is 0 Å². The number of carbonyl (C=O) groups is 1. The molecule has 2 N–H and O–H groups in total. The number of hydrogen-bond donors (Lipinski definition) is 2. The Morgan fingerprint density at radius 3 is 2.57 bits per heavy atom. The fraction of sp³-hybridized carbons (Fsp3) is 0.200. The summed E-state index contributed by atoms with van der Waals surface area (Å²) in [5.74, 6) is 0.209. The molecule has 6 heteroatoms. The standard InChI is InChI=1S/C15H15N5O/c1-10(2)17-15(21)13-7-8-14(20-19-13)18-12-6-4-3-5-11(12)9-16/h3-8,10H,1-2H3,(H,17,21)(H,18,20). The molecule has 1 aromatic heterocycles. The summed E-state index contributed by atoms with van der Waals surface area (Å²) in [6.45, 7) is 3.75. The van der Waals surface area contributed by atoms with Gasteiger partial charge in [0.25, 0.3) is 5.91 Å². The highest BCUT2D eigenvalue weighted by molar-refractivity contribution is 5.92. The van der Waals surface area contributed by atoms with E-state index < -0.39 is 0 Å². The van der Waals surface area contributed by atoms with E-state index in [0.29, 0.717) is 17.1 Å². The summed E-state index contributed by atoms with van der Waals surface area (Å²) >= 11 is 0. The Morgan fingerprint density at radius 2 is 1.95 bits per heavy atom. The van der Waals surface area contributed by atoms with Gasteiger partial charge in [0.1, 0.15) is 6.07 Å². The molecule has 0 bridgehead atoms. The topological polar surface area (TPSA) is 90.7 Å². The minimum atomic E-state index is -0.263. The number of anilines is 2. The second kappa shape index (κ2) is 6.48. The summed E-state index contributed by atoms with van der Waals surface area (Å²) in [6.07, 6.45) is 0. The summed E-state index contributed by atoms with van der Waals surface area (Å²) in [5, 5.41) is 22.6. The van der Waals surface area contributed by atoms with E-state index in [1.807, 2.05) is 19.9 Å². The highest BCUT2D eigenvalue weighted by atomic mass is 16.1. The van der Waals surface area contributed by atoms with Crippen molar-refractivity contribution in [3.63, 3.8) is 0 Å². The maximum atomic E-state index is 11.7. The fourth-order valence-electron chi connectivity index (χ4n) is 1.68. The molecule has 106 valence electrons. The molecule has 0 aliphatic rings. The van der Waals surface area contributed by atoms with Gasteiger partial charge in [0.15, 0.2) is 11.5 Å². The molecule has 0 aliphatic heterocycles. The van der Waals surface area contributed by atoms with E-state index in [1.54, 1.807) is 30.3 Å². The number of nitrogens with zero attached hydrogens (tertiary/aromatic N) is 3. The largest absolute Gasteiger partial charge is 0.348 e. The molecular formula is C15H15N5O. The van der Waals surface area contributed by atoms with Gasteiger partial charge in [0, 0.05) is 6.04 Å². The van der Waals surface area contributed by atoms with Crippen molar-refractivity contribution in [2.45, 2.75) is 19.9 Å². The van der Waals surface area contributed by atoms with Crippen molar-refractivity contribution in [1.82, 2.24) is 15.5 Å². The predicted molar refractivity (Wildman–Crippen MR) is 79.1 cm³/mol. The van der Waals surface area contributed by atoms with Crippen LogP contribution in [0.15, 0.2) is 36.4 Å². The quantitative estimate of drug-likeness (QED) is 0.896. The molecule has 6 nitrogen and oxygen atoms in total. The van der Waals surface area contributed by atoms with Crippen molar-refractivity contribution in [2.24, 2.45) is 0 Å². The van der Waals surface area contributed by atoms with Crippen LogP contribution in [-0.4, -0.2) is 22.1 Å². The monoisotopic (exact) mass is 281 g/mol. The number of carbonyl (C=O) groups excluding carboxylic acids is 1. The van der Waals surface area contributed by atoms with Crippen LogP contribution in [0.1, 0.15) is 29.9 Å². The fourth-order valence-corrected chi connectivity index (χ4v) is 1.68. The minimum absolute atomic E-state index is 0.0413. The molecule has 0 fully saturated rings. The van der Waals surface area contributed by atoms with Gasteiger partial charge in [-0.05, 0) is 38.1 Å². The smallest absolute Gasteiger partial charge is 0.271 e. The maximum Gasteiger partial charge on any atom is 0.271 e. The van der Waals surface area contributed by atoms with Crippen LogP contribution in [0.5, 0.6) is 0 Å². The van der Waals surface area contributed by atoms with Crippen molar-refractivity contribution in [2.75, 3.05) is 5.32 Å². The average Bonchev–Trinajstić information content (AvgIpc) is 2.48. The molecule has 2 aromatic rings. The highest BCUT2D eigenvalue weighted by Crippen LogP contribution is 2.18. The van der Waals surface area contributed by atoms with Gasteiger partial charge in [0.2, 0.25) is 0 Å². The van der Waals surface area contributed by atoms with Crippen LogP contribution in [0.3, 0.4) is 0 Å². The van der Waals surface area contributed by atoms with Crippen molar-refractivity contribution in [3.8, 4) is 6.07 Å². The summed E-state index contributed by atoms with van der Waals surface area (Å²) in [5.41, 5.74) is 1.41. The van der Waals surface area contributed by atoms with Gasteiger partial charge in [-0.1, -0.05) is 12.1 Å². The number of nitrogens with one attached hydrogen (secondary N) is 2. The summed E-state index contributed by atoms with van der Waals surface area (Å²) in [6, 6.07) is 12.5. The first kappa shape index (κ1) is 14.5. The van der Waals surface area contributed by atoms with Gasteiger partial charge < -0.3 is 10.6 Å². The first-order valence-corrected chi connectivity index (χ1v) is 6.51. The van der Waals surface area contributed by atoms with Crippen LogP contribution in [0, 0.1) is 11.3 Å². The lowest BCUT2D eigenvalue weighted by Gasteiger charge is -2.08. The molecule has 21 heavy (non-hydrogen) atoms. The lowest BCUT2D eigenvalue weighted by Crippen LogP contribution is -2.30. The Morgan fingerprint density at radius 1 is 1.19 bits per heavy atom. The molecule has 0 saturated heterocycles. The van der Waals surface area contributed by atoms with Gasteiger partial charge in [-0.25, -0.2) is 0 Å². The summed E-state index contributed by atoms with van der Waals surface area (Å²) < 4.78 is 0. The Kier molecular flexibility index (Phi) is 4.46. The van der Waals surface area contributed by atoms with Crippen LogP contribution in [0.25, 0.3) is 0 Å². The molecule has 0 radical (unpaired) electrons. The second-order valence-corrected chi connectivity index (χ2v) is 4.71. The van der Waals surface area contributed by atoms with Crippen molar-refractivity contribution in [1.29, 1.82) is 5.26 Å². The number of hydrogen-bond acceptors (Lipinski definition) is 5. The van der Waals surface area contributed by atoms with Crippen LogP contribution in [-0.2, 0) is 0 Å². The molecule has 1 amide bonds. The zero-order valence-corrected chi connectivity index (χ0v) is 11.8. The molecule has 1 aromatic carbocycles. The normalized spacial score (nSPS) is 10.0. The van der Waals surface area contributed by atoms with E-state index in [-0.39, 0.29) is 17.6 Å². The van der Waals surface area contributed by atoms with Gasteiger partial charge in [0.05, 0.1) is 11.3 Å². The van der Waals surface area contributed by atoms with Gasteiger partial charge in [-0.15, -0.1) is 10.2 Å². The van der Waals surface area contributed by atoms with Crippen LogP contribution < -0.4 is 10.6 Å². The lowest BCUT2D eigenvalue weighted by molar-refractivity contribution is 0.0937. The van der Waals surface area contributed by atoms with Crippen molar-refractivity contribution >= 4 is 17.4 Å². The lowest BCUT2D eigenvalue weighted by atomic mass is 10.2. The third kappa shape index (κ3) is 3.76. The zero-order valence-electron chi connectivity index (χ0n) is 11.8. The third-order valence-corrected chi connectivity index (χ3v) is 2.63. The van der Waals surface area contributed by atoms with E-state index in [4.69, 9.17) is 5.26 Å². The first-order valence-electron chi connectivity index (χ1n) is 6.51. The Hall–Kier alpha value is -2.94. The molecule has 1 heterocycles. The van der Waals surface area contributed by atoms with Crippen LogP contribution >= 0.6 is 0 Å². The van der Waals surface area contributed by atoms with E-state index in [1.165, 1.54) is 0 Å². The number of benzene rings is 1. The third-order valence-electron chi connectivity index (χ3n) is 2.63. The molecule has 0 aliphatic carbocycles. The van der Waals surface area contributed by atoms with E-state index in [9.17, 15) is 4.79 Å². The van der Waals surface area contributed by atoms with Crippen molar-refractivity contribution in [3.05, 3.63) is 47.7 Å². The Labute approximate surface area is 122 Å². The summed E-state index contributed by atoms with van der Waals surface area (Å²) in [7, 11) is 0. The van der Waals surface area contributed by atoms with E-state index in [2.05, 4.69) is 26.9 Å². The number of aromatic nitrogens is 2. The minimum Gasteiger partial charge on any atom is -0.348 e. The highest BCUT2D eigenvalue weighted by Gasteiger charge is 2.09. The predicted octanol–water partition coefficient (Wildman–Crippen LogP) is 2.23. The molecule has 0 unspecified atom stereocenters. The maximum absolute atomic E-state index is 11.7. The van der Waals surface area contributed by atoms with Crippen molar-refractivity contribution < 1.29 is 4.79 Å². The number of nitriles is 1. The number of para-hydroxylation sites is 1. The Balaban J connectivity index is 2.13. The molecule has 2 rings (SSSR count). The zero-order chi connectivity index (χ0) is 15.2. The van der Waals surface area contributed by atoms with Crippen LogP contribution in [0.2, 0.25) is 0 Å². The second-order valence-electron chi connectivity index (χ2n) is 4.71. The number of amides is 1. The molecule has 0 spiro atoms.